The van der Waals surface area contributed by atoms with E-state index >= 15 is 0 Å². The van der Waals surface area contributed by atoms with Gasteiger partial charge in [-0.2, -0.15) is 70.2 Å². The zero-order valence-electron chi connectivity index (χ0n) is 16.5. The smallest absolute Gasteiger partial charge is 0.460 e. The minimum atomic E-state index is -8.66. The van der Waals surface area contributed by atoms with Crippen molar-refractivity contribution in [2.75, 3.05) is 0 Å². The van der Waals surface area contributed by atoms with Gasteiger partial charge in [0.05, 0.1) is 0 Å². The van der Waals surface area contributed by atoms with Gasteiger partial charge in [-0.25, -0.2) is 9.59 Å². The van der Waals surface area contributed by atoms with Crippen molar-refractivity contribution in [2.24, 2.45) is 5.92 Å². The van der Waals surface area contributed by atoms with Crippen LogP contribution in [0.15, 0.2) is 12.2 Å². The van der Waals surface area contributed by atoms with Crippen molar-refractivity contribution in [2.45, 2.75) is 61.4 Å². The van der Waals surface area contributed by atoms with Gasteiger partial charge in [0.2, 0.25) is 0 Å². The fraction of sp³-hybridized carbons (Fsp3) is 0.733. The van der Waals surface area contributed by atoms with Crippen LogP contribution in [-0.4, -0.2) is 64.6 Å². The largest absolute Gasteiger partial charge is 0.478 e. The predicted octanol–water partition coefficient (Wildman–Crippen LogP) is 5.87. The van der Waals surface area contributed by atoms with Gasteiger partial charge in [-0.05, 0) is 0 Å². The highest BCUT2D eigenvalue weighted by atomic mass is 19.4. The summed E-state index contributed by atoms with van der Waals surface area (Å²) in [4.78, 5) is 21.4. The summed E-state index contributed by atoms with van der Waals surface area (Å²) in [6.07, 6.45) is -8.61. The highest BCUT2D eigenvalue weighted by Crippen LogP contribution is 2.64. The maximum atomic E-state index is 14.7. The molecule has 20 heteroatoms. The van der Waals surface area contributed by atoms with Crippen LogP contribution in [0.4, 0.5) is 70.2 Å². The van der Waals surface area contributed by atoms with Crippen molar-refractivity contribution in [1.82, 2.24) is 0 Å². The SMILES string of the molecule is CC(C)C(F)(OC(=O)C=CC(=O)O)C(F)(F)C(F)(F)C(F)(F)C(F)(F)C(F)(F)C(F)(F)C(F)(F)F. The Balaban J connectivity index is 6.91. The number of aliphatic carboxylic acids is 1. The molecule has 0 saturated carbocycles. The number of ether oxygens (including phenoxy) is 1. The number of carbonyl (C=O) groups is 2. The van der Waals surface area contributed by atoms with E-state index in [1.807, 2.05) is 0 Å². The minimum Gasteiger partial charge on any atom is -0.478 e. The molecule has 1 atom stereocenters. The van der Waals surface area contributed by atoms with E-state index in [0.29, 0.717) is 0 Å². The van der Waals surface area contributed by atoms with Crippen molar-refractivity contribution in [3.05, 3.63) is 12.2 Å². The second-order valence-corrected chi connectivity index (χ2v) is 6.84. The van der Waals surface area contributed by atoms with Gasteiger partial charge in [-0.1, -0.05) is 13.8 Å². The lowest BCUT2D eigenvalue weighted by Crippen LogP contribution is -2.75. The Morgan fingerprint density at radius 2 is 0.914 bits per heavy atom. The van der Waals surface area contributed by atoms with Gasteiger partial charge in [0, 0.05) is 18.1 Å². The predicted molar refractivity (Wildman–Crippen MR) is 77.3 cm³/mol. The van der Waals surface area contributed by atoms with E-state index in [9.17, 15) is 79.8 Å². The summed E-state index contributed by atoms with van der Waals surface area (Å²) in [5, 5.41) is 8.20. The van der Waals surface area contributed by atoms with Crippen molar-refractivity contribution >= 4 is 11.9 Å². The molecular formula is C15H10F16O4. The zero-order chi connectivity index (χ0) is 28.9. The highest BCUT2D eigenvalue weighted by Gasteiger charge is 2.95. The quantitative estimate of drug-likeness (QED) is 0.207. The molecule has 0 saturated heterocycles. The number of carbonyl (C=O) groups excluding carboxylic acids is 1. The summed E-state index contributed by atoms with van der Waals surface area (Å²) in [6.45, 7) is 0.0573. The standard InChI is InChI=1S/C15H10F16O4/c1-5(2)8(16,35-7(34)4-3-6(32)33)9(17,18)10(19,20)11(21,22)12(23,24)13(25,26)14(27,28)15(29,30)31/h3-5H,1-2H3,(H,32,33). The van der Waals surface area contributed by atoms with Gasteiger partial charge >= 0.3 is 59.5 Å². The Bertz CT molecular complexity index is 844. The lowest BCUT2D eigenvalue weighted by molar-refractivity contribution is -0.466. The zero-order valence-corrected chi connectivity index (χ0v) is 16.5. The van der Waals surface area contributed by atoms with E-state index in [0.717, 1.165) is 0 Å². The van der Waals surface area contributed by atoms with E-state index in [-0.39, 0.29) is 19.9 Å². The second-order valence-electron chi connectivity index (χ2n) is 6.84. The minimum absolute atomic E-state index is 0.0286. The highest BCUT2D eigenvalue weighted by molar-refractivity contribution is 5.90. The molecule has 0 aromatic heterocycles. The van der Waals surface area contributed by atoms with Gasteiger partial charge in [-0.3, -0.25) is 0 Å². The van der Waals surface area contributed by atoms with Crippen LogP contribution in [0.5, 0.6) is 0 Å². The molecule has 35 heavy (non-hydrogen) atoms. The van der Waals surface area contributed by atoms with Crippen molar-refractivity contribution in [1.29, 1.82) is 0 Å². The first-order chi connectivity index (χ1) is 15.0. The van der Waals surface area contributed by atoms with Gasteiger partial charge < -0.3 is 9.84 Å². The van der Waals surface area contributed by atoms with Crippen LogP contribution < -0.4 is 0 Å². The summed E-state index contributed by atoms with van der Waals surface area (Å²) in [7, 11) is 0. The van der Waals surface area contributed by atoms with E-state index in [1.165, 1.54) is 0 Å². The van der Waals surface area contributed by atoms with E-state index in [1.54, 1.807) is 0 Å². The first-order valence-corrected chi connectivity index (χ1v) is 8.17. The third-order valence-electron chi connectivity index (χ3n) is 4.11. The number of hydrogen-bond donors (Lipinski definition) is 1. The van der Waals surface area contributed by atoms with Crippen LogP contribution in [0.1, 0.15) is 13.8 Å². The molecule has 0 aliphatic rings. The number of hydrogen-bond acceptors (Lipinski definition) is 3. The molecule has 1 unspecified atom stereocenters. The molecule has 0 aliphatic heterocycles. The number of halogens is 16. The third kappa shape index (κ3) is 4.70. The lowest BCUT2D eigenvalue weighted by atomic mass is 9.85. The average Bonchev–Trinajstić information content (AvgIpc) is 2.64. The number of carboxylic acids is 1. The number of carboxylic acid groups (broad SMARTS) is 1. The topological polar surface area (TPSA) is 63.6 Å². The summed E-state index contributed by atoms with van der Waals surface area (Å²) < 4.78 is 217. The second kappa shape index (κ2) is 8.90. The fourth-order valence-electron chi connectivity index (χ4n) is 2.04. The van der Waals surface area contributed by atoms with Crippen LogP contribution >= 0.6 is 0 Å². The van der Waals surface area contributed by atoms with Crippen LogP contribution in [0.25, 0.3) is 0 Å². The molecule has 0 aliphatic carbocycles. The molecule has 0 fully saturated rings. The van der Waals surface area contributed by atoms with E-state index in [2.05, 4.69) is 4.74 Å². The normalized spacial score (nSPS) is 17.0. The average molecular weight is 558 g/mol. The Kier molecular flexibility index (Phi) is 8.28. The molecule has 0 rings (SSSR count). The van der Waals surface area contributed by atoms with E-state index in [4.69, 9.17) is 5.11 Å². The molecule has 0 spiro atoms. The summed E-state index contributed by atoms with van der Waals surface area (Å²) in [5.74, 6) is -63.4. The van der Waals surface area contributed by atoms with Crippen LogP contribution in [-0.2, 0) is 14.3 Å². The van der Waals surface area contributed by atoms with Gasteiger partial charge in [0.25, 0.3) is 0 Å². The van der Waals surface area contributed by atoms with Crippen molar-refractivity contribution in [3.63, 3.8) is 0 Å². The van der Waals surface area contributed by atoms with Crippen LogP contribution in [0.2, 0.25) is 0 Å². The first-order valence-electron chi connectivity index (χ1n) is 8.17. The van der Waals surface area contributed by atoms with Gasteiger partial charge in [0.15, 0.2) is 0 Å². The fourth-order valence-corrected chi connectivity index (χ4v) is 2.04. The molecule has 0 amide bonds. The molecule has 0 bridgehead atoms. The lowest BCUT2D eigenvalue weighted by Gasteiger charge is -2.45. The summed E-state index contributed by atoms with van der Waals surface area (Å²) in [5.41, 5.74) is 0. The van der Waals surface area contributed by atoms with Crippen molar-refractivity contribution in [3.8, 4) is 0 Å². The number of rotatable bonds is 10. The molecule has 1 N–H and O–H groups in total. The molecule has 0 heterocycles. The first kappa shape index (κ1) is 32.6. The van der Waals surface area contributed by atoms with Crippen molar-refractivity contribution < 1.29 is 89.7 Å². The molecular weight excluding hydrogens is 548 g/mol. The van der Waals surface area contributed by atoms with Gasteiger partial charge in [0.1, 0.15) is 0 Å². The maximum Gasteiger partial charge on any atom is 0.460 e. The Morgan fingerprint density at radius 3 is 1.20 bits per heavy atom. The number of alkyl halides is 16. The molecule has 0 aromatic rings. The van der Waals surface area contributed by atoms with Gasteiger partial charge in [-0.15, -0.1) is 0 Å². The van der Waals surface area contributed by atoms with Crippen LogP contribution in [0.3, 0.4) is 0 Å². The van der Waals surface area contributed by atoms with E-state index < -0.39 is 71.5 Å². The number of esters is 1. The molecule has 206 valence electrons. The molecule has 0 radical (unpaired) electrons. The summed E-state index contributed by atoms with van der Waals surface area (Å²) >= 11 is 0. The monoisotopic (exact) mass is 558 g/mol. The molecule has 0 aromatic carbocycles. The Labute approximate surface area is 182 Å². The van der Waals surface area contributed by atoms with Crippen LogP contribution in [0, 0.1) is 5.92 Å². The Morgan fingerprint density at radius 1 is 0.600 bits per heavy atom. The maximum absolute atomic E-state index is 14.7. The Hall–Kier alpha value is -2.44. The summed E-state index contributed by atoms with van der Waals surface area (Å²) in [6, 6.07) is 0. The third-order valence-corrected chi connectivity index (χ3v) is 4.11. The molecule has 4 nitrogen and oxygen atoms in total.